The minimum Gasteiger partial charge on any atom is -0.354 e. The van der Waals surface area contributed by atoms with Crippen molar-refractivity contribution in [3.63, 3.8) is 0 Å². The topological polar surface area (TPSA) is 66.5 Å². The van der Waals surface area contributed by atoms with Crippen molar-refractivity contribution in [2.24, 2.45) is 0 Å². The molecule has 5 nitrogen and oxygen atoms in total. The highest BCUT2D eigenvalue weighted by Crippen LogP contribution is 2.25. The predicted octanol–water partition coefficient (Wildman–Crippen LogP) is 4.93. The molecule has 1 amide bonds. The molecular formula is C26H30N2O3S. The molecule has 0 aliphatic heterocycles. The highest BCUT2D eigenvalue weighted by Gasteiger charge is 2.27. The first kappa shape index (κ1) is 23.5. The third-order valence-corrected chi connectivity index (χ3v) is 7.23. The van der Waals surface area contributed by atoms with Gasteiger partial charge >= 0.3 is 0 Å². The zero-order valence-electron chi connectivity index (χ0n) is 18.7. The number of nitrogens with one attached hydrogen (secondary N) is 1. The molecule has 0 heterocycles. The summed E-state index contributed by atoms with van der Waals surface area (Å²) >= 11 is 0. The van der Waals surface area contributed by atoms with Crippen molar-refractivity contribution in [2.75, 3.05) is 17.4 Å². The number of sulfonamides is 1. The average Bonchev–Trinajstić information content (AvgIpc) is 2.82. The maximum Gasteiger partial charge on any atom is 0.264 e. The Balaban J connectivity index is 1.81. The number of nitrogens with zero attached hydrogens (tertiary/aromatic N) is 1. The number of amides is 1. The third kappa shape index (κ3) is 5.77. The molecule has 0 saturated heterocycles. The predicted molar refractivity (Wildman–Crippen MR) is 129 cm³/mol. The molecule has 32 heavy (non-hydrogen) atoms. The standard InChI is InChI=1S/C26H30N2O3S/c1-20(2)22-14-16-24(17-15-22)28(32(30,31)25-12-8-5-9-13-25)19-26(29)27-18-21(3)23-10-6-4-7-11-23/h4-17,20-21H,18-19H2,1-3H3,(H,27,29)/t21-/m0/s1. The molecule has 3 rings (SSSR count). The molecule has 0 saturated carbocycles. The zero-order chi connectivity index (χ0) is 23.1. The number of hydrogen-bond donors (Lipinski definition) is 1. The van der Waals surface area contributed by atoms with Gasteiger partial charge in [0.15, 0.2) is 0 Å². The van der Waals surface area contributed by atoms with Crippen molar-refractivity contribution in [1.82, 2.24) is 5.32 Å². The molecule has 3 aromatic rings. The highest BCUT2D eigenvalue weighted by atomic mass is 32.2. The van der Waals surface area contributed by atoms with Crippen molar-refractivity contribution in [3.8, 4) is 0 Å². The first-order valence-electron chi connectivity index (χ1n) is 10.8. The van der Waals surface area contributed by atoms with Crippen LogP contribution in [0.25, 0.3) is 0 Å². The van der Waals surface area contributed by atoms with Crippen molar-refractivity contribution >= 4 is 21.6 Å². The van der Waals surface area contributed by atoms with Crippen LogP contribution < -0.4 is 9.62 Å². The molecule has 0 radical (unpaired) electrons. The Morgan fingerprint density at radius 1 is 0.812 bits per heavy atom. The molecular weight excluding hydrogens is 420 g/mol. The van der Waals surface area contributed by atoms with Gasteiger partial charge in [-0.15, -0.1) is 0 Å². The van der Waals surface area contributed by atoms with Gasteiger partial charge in [-0.2, -0.15) is 0 Å². The van der Waals surface area contributed by atoms with E-state index in [1.165, 1.54) is 4.31 Å². The molecule has 168 valence electrons. The Labute approximate surface area is 191 Å². The van der Waals surface area contributed by atoms with Gasteiger partial charge in [0.25, 0.3) is 10.0 Å². The van der Waals surface area contributed by atoms with Crippen LogP contribution >= 0.6 is 0 Å². The fraction of sp³-hybridized carbons (Fsp3) is 0.269. The molecule has 1 atom stereocenters. The van der Waals surface area contributed by atoms with Crippen LogP contribution in [0.3, 0.4) is 0 Å². The Bertz CT molecular complexity index is 1110. The van der Waals surface area contributed by atoms with E-state index < -0.39 is 10.0 Å². The molecule has 6 heteroatoms. The van der Waals surface area contributed by atoms with Crippen LogP contribution in [0.2, 0.25) is 0 Å². The normalized spacial score (nSPS) is 12.4. The van der Waals surface area contributed by atoms with Crippen molar-refractivity contribution in [3.05, 3.63) is 96.1 Å². The van der Waals surface area contributed by atoms with E-state index >= 15 is 0 Å². The van der Waals surface area contributed by atoms with Gasteiger partial charge < -0.3 is 5.32 Å². The zero-order valence-corrected chi connectivity index (χ0v) is 19.5. The summed E-state index contributed by atoms with van der Waals surface area (Å²) in [5.41, 5.74) is 2.68. The van der Waals surface area contributed by atoms with Gasteiger partial charge in [0, 0.05) is 6.54 Å². The summed E-state index contributed by atoms with van der Waals surface area (Å²) in [6.07, 6.45) is 0. The van der Waals surface area contributed by atoms with Gasteiger partial charge in [0.1, 0.15) is 6.54 Å². The Kier molecular flexibility index (Phi) is 7.70. The van der Waals surface area contributed by atoms with Crippen LogP contribution in [0.5, 0.6) is 0 Å². The van der Waals surface area contributed by atoms with E-state index in [-0.39, 0.29) is 23.3 Å². The fourth-order valence-corrected chi connectivity index (χ4v) is 4.85. The SMILES string of the molecule is CC(C)c1ccc(N(CC(=O)NC[C@H](C)c2ccccc2)S(=O)(=O)c2ccccc2)cc1. The lowest BCUT2D eigenvalue weighted by atomic mass is 10.0. The van der Waals surface area contributed by atoms with E-state index in [9.17, 15) is 13.2 Å². The number of rotatable bonds is 9. The maximum atomic E-state index is 13.4. The first-order chi connectivity index (χ1) is 15.3. The largest absolute Gasteiger partial charge is 0.354 e. The van der Waals surface area contributed by atoms with Crippen LogP contribution in [-0.2, 0) is 14.8 Å². The third-order valence-electron chi connectivity index (χ3n) is 5.44. The van der Waals surface area contributed by atoms with Crippen LogP contribution in [0.15, 0.2) is 89.8 Å². The van der Waals surface area contributed by atoms with E-state index in [1.807, 2.05) is 49.4 Å². The van der Waals surface area contributed by atoms with Crippen LogP contribution in [0, 0.1) is 0 Å². The van der Waals surface area contributed by atoms with E-state index in [1.54, 1.807) is 42.5 Å². The number of benzene rings is 3. The number of anilines is 1. The number of carbonyl (C=O) groups excluding carboxylic acids is 1. The average molecular weight is 451 g/mol. The van der Waals surface area contributed by atoms with Crippen LogP contribution in [0.1, 0.15) is 43.7 Å². The summed E-state index contributed by atoms with van der Waals surface area (Å²) in [6, 6.07) is 25.4. The minimum absolute atomic E-state index is 0.115. The molecule has 0 fully saturated rings. The van der Waals surface area contributed by atoms with Gasteiger partial charge in [-0.3, -0.25) is 9.10 Å². The Morgan fingerprint density at radius 3 is 1.94 bits per heavy atom. The lowest BCUT2D eigenvalue weighted by Gasteiger charge is -2.25. The van der Waals surface area contributed by atoms with Gasteiger partial charge in [-0.1, -0.05) is 81.4 Å². The molecule has 0 aromatic heterocycles. The fourth-order valence-electron chi connectivity index (χ4n) is 3.41. The van der Waals surface area contributed by atoms with Gasteiger partial charge in [-0.25, -0.2) is 8.42 Å². The van der Waals surface area contributed by atoms with E-state index in [0.29, 0.717) is 18.2 Å². The molecule has 0 unspecified atom stereocenters. The summed E-state index contributed by atoms with van der Waals surface area (Å²) in [7, 11) is -3.90. The lowest BCUT2D eigenvalue weighted by Crippen LogP contribution is -2.41. The highest BCUT2D eigenvalue weighted by molar-refractivity contribution is 7.92. The van der Waals surface area contributed by atoms with Crippen molar-refractivity contribution in [1.29, 1.82) is 0 Å². The maximum absolute atomic E-state index is 13.4. The van der Waals surface area contributed by atoms with E-state index in [2.05, 4.69) is 19.2 Å². The molecule has 3 aromatic carbocycles. The second-order valence-electron chi connectivity index (χ2n) is 8.19. The van der Waals surface area contributed by atoms with Crippen LogP contribution in [0.4, 0.5) is 5.69 Å². The first-order valence-corrected chi connectivity index (χ1v) is 12.2. The van der Waals surface area contributed by atoms with Gasteiger partial charge in [0.05, 0.1) is 10.6 Å². The lowest BCUT2D eigenvalue weighted by molar-refractivity contribution is -0.119. The molecule has 0 spiro atoms. The van der Waals surface area contributed by atoms with E-state index in [0.717, 1.165) is 11.1 Å². The smallest absolute Gasteiger partial charge is 0.264 e. The summed E-state index contributed by atoms with van der Waals surface area (Å²) < 4.78 is 28.0. The van der Waals surface area contributed by atoms with Gasteiger partial charge in [-0.05, 0) is 47.2 Å². The summed E-state index contributed by atoms with van der Waals surface area (Å²) in [4.78, 5) is 12.9. The van der Waals surface area contributed by atoms with Crippen molar-refractivity contribution in [2.45, 2.75) is 37.5 Å². The quantitative estimate of drug-likeness (QED) is 0.503. The number of carbonyl (C=O) groups is 1. The minimum atomic E-state index is -3.90. The monoisotopic (exact) mass is 450 g/mol. The summed E-state index contributed by atoms with van der Waals surface area (Å²) in [6.45, 7) is 6.32. The Hall–Kier alpha value is -3.12. The van der Waals surface area contributed by atoms with E-state index in [4.69, 9.17) is 0 Å². The van der Waals surface area contributed by atoms with Crippen molar-refractivity contribution < 1.29 is 13.2 Å². The summed E-state index contributed by atoms with van der Waals surface area (Å²) in [5, 5.41) is 2.89. The molecule has 0 aliphatic rings. The summed E-state index contributed by atoms with van der Waals surface area (Å²) in [5.74, 6) is 0.0934. The van der Waals surface area contributed by atoms with Gasteiger partial charge in [0.2, 0.25) is 5.91 Å². The molecule has 1 N–H and O–H groups in total. The van der Waals surface area contributed by atoms with Crippen LogP contribution in [-0.4, -0.2) is 27.4 Å². The Morgan fingerprint density at radius 2 is 1.38 bits per heavy atom. The number of hydrogen-bond acceptors (Lipinski definition) is 3. The molecule has 0 aliphatic carbocycles. The second kappa shape index (κ2) is 10.5. The second-order valence-corrected chi connectivity index (χ2v) is 10.0. The molecule has 0 bridgehead atoms.